The Morgan fingerprint density at radius 1 is 1.67 bits per heavy atom. The van der Waals surface area contributed by atoms with Gasteiger partial charge in [-0.3, -0.25) is 0 Å². The van der Waals surface area contributed by atoms with Gasteiger partial charge < -0.3 is 0 Å². The Morgan fingerprint density at radius 2 is 2.22 bits per heavy atom. The molecule has 1 aliphatic rings. The molecule has 1 rings (SSSR count). The van der Waals surface area contributed by atoms with E-state index in [0.29, 0.717) is 5.84 Å². The van der Waals surface area contributed by atoms with Crippen molar-refractivity contribution in [3.05, 3.63) is 0 Å². The third kappa shape index (κ3) is 0.906. The minimum absolute atomic E-state index is 0.00231. The summed E-state index contributed by atoms with van der Waals surface area (Å²) >= 11 is 0. The lowest BCUT2D eigenvalue weighted by atomic mass is 10.6. The first-order valence-electron chi connectivity index (χ1n) is 2.87. The van der Waals surface area contributed by atoms with E-state index in [2.05, 4.69) is 4.99 Å². The van der Waals surface area contributed by atoms with Gasteiger partial charge in [-0.2, -0.15) is 5.01 Å². The van der Waals surface area contributed by atoms with Crippen molar-refractivity contribution in [2.75, 3.05) is 7.05 Å². The van der Waals surface area contributed by atoms with E-state index < -0.39 is 0 Å². The van der Waals surface area contributed by atoms with E-state index in [1.54, 1.807) is 14.0 Å². The number of hydrogen-bond donors (Lipinski definition) is 0. The quantitative estimate of drug-likeness (QED) is 0.469. The average molecular weight is 128 g/mol. The summed E-state index contributed by atoms with van der Waals surface area (Å²) in [6, 6.07) is 0. The zero-order chi connectivity index (χ0) is 7.02. The molecule has 0 spiro atoms. The van der Waals surface area contributed by atoms with Gasteiger partial charge in [-0.1, -0.05) is 5.21 Å². The van der Waals surface area contributed by atoms with E-state index in [1.807, 2.05) is 6.92 Å². The largest absolute Gasteiger partial charge is 0.248 e. The molecule has 0 N–H and O–H groups in total. The van der Waals surface area contributed by atoms with E-state index in [0.717, 1.165) is 5.17 Å². The van der Waals surface area contributed by atoms with E-state index >= 15 is 0 Å². The van der Waals surface area contributed by atoms with E-state index in [9.17, 15) is 5.21 Å². The molecule has 4 nitrogen and oxygen atoms in total. The predicted molar refractivity (Wildman–Crippen MR) is 32.9 cm³/mol. The number of hydrazine groups is 1. The lowest BCUT2D eigenvalue weighted by Gasteiger charge is -2.17. The Kier molecular flexibility index (Phi) is 1.42. The average Bonchev–Trinajstić information content (AvgIpc) is 1.98. The van der Waals surface area contributed by atoms with Crippen LogP contribution >= 0.6 is 0 Å². The first-order valence-corrected chi connectivity index (χ1v) is 2.87. The highest BCUT2D eigenvalue weighted by Gasteiger charge is 2.24. The second kappa shape index (κ2) is 1.97. The van der Waals surface area contributed by atoms with Crippen molar-refractivity contribution in [2.24, 2.45) is 4.99 Å². The zero-order valence-corrected chi connectivity index (χ0v) is 5.83. The van der Waals surface area contributed by atoms with E-state index in [1.165, 1.54) is 5.01 Å². The third-order valence-corrected chi connectivity index (χ3v) is 1.48. The van der Waals surface area contributed by atoms with Gasteiger partial charge in [0.25, 0.3) is 0 Å². The van der Waals surface area contributed by atoms with Crippen molar-refractivity contribution < 1.29 is 5.21 Å². The van der Waals surface area contributed by atoms with Crippen LogP contribution in [0.2, 0.25) is 0 Å². The topological polar surface area (TPSA) is 38.7 Å². The molecule has 0 saturated heterocycles. The lowest BCUT2D eigenvalue weighted by Crippen LogP contribution is -2.36. The maximum atomic E-state index is 10.8. The van der Waals surface area contributed by atoms with Crippen LogP contribution in [0.15, 0.2) is 4.99 Å². The molecule has 51 valence electrons. The molecule has 1 unspecified atom stereocenters. The summed E-state index contributed by atoms with van der Waals surface area (Å²) in [5.74, 6) is 0.532. The van der Waals surface area contributed by atoms with Crippen LogP contribution in [0.3, 0.4) is 0 Å². The Balaban J connectivity index is 2.70. The molecule has 1 atom stereocenters. The maximum absolute atomic E-state index is 10.8. The molecule has 0 aromatic rings. The smallest absolute Gasteiger partial charge is 0.144 e. The van der Waals surface area contributed by atoms with Crippen molar-refractivity contribution in [3.8, 4) is 0 Å². The molecule has 1 aliphatic heterocycles. The van der Waals surface area contributed by atoms with E-state index in [4.69, 9.17) is 0 Å². The van der Waals surface area contributed by atoms with Crippen LogP contribution in [-0.4, -0.2) is 29.2 Å². The van der Waals surface area contributed by atoms with Crippen LogP contribution in [0, 0.1) is 0 Å². The van der Waals surface area contributed by atoms with Crippen LogP contribution in [-0.2, 0) is 5.21 Å². The molecule has 0 saturated carbocycles. The van der Waals surface area contributed by atoms with Gasteiger partial charge in [0.15, 0.2) is 0 Å². The summed E-state index contributed by atoms with van der Waals surface area (Å²) in [5, 5.41) is 13.2. The van der Waals surface area contributed by atoms with E-state index in [-0.39, 0.29) is 6.17 Å². The summed E-state index contributed by atoms with van der Waals surface area (Å²) in [7, 11) is 1.72. The lowest BCUT2D eigenvalue weighted by molar-refractivity contribution is -0.222. The molecule has 0 aromatic carbocycles. The molecule has 1 radical (unpaired) electrons. The second-order valence-corrected chi connectivity index (χ2v) is 2.15. The van der Waals surface area contributed by atoms with Crippen LogP contribution in [0.4, 0.5) is 0 Å². The molecule has 0 amide bonds. The Hall–Kier alpha value is -0.610. The minimum Gasteiger partial charge on any atom is -0.248 e. The zero-order valence-electron chi connectivity index (χ0n) is 5.83. The maximum Gasteiger partial charge on any atom is 0.144 e. The highest BCUT2D eigenvalue weighted by atomic mass is 16.6. The fourth-order valence-corrected chi connectivity index (χ4v) is 0.783. The second-order valence-electron chi connectivity index (χ2n) is 2.15. The van der Waals surface area contributed by atoms with Crippen LogP contribution in [0.1, 0.15) is 13.8 Å². The molecule has 4 heteroatoms. The van der Waals surface area contributed by atoms with Gasteiger partial charge in [-0.15, -0.1) is 5.17 Å². The molecule has 0 aromatic heterocycles. The number of aliphatic imine (C=N–C) groups is 1. The molecule has 0 fully saturated rings. The Bertz CT molecular complexity index is 145. The van der Waals surface area contributed by atoms with Crippen LogP contribution in [0.25, 0.3) is 0 Å². The number of amidine groups is 1. The van der Waals surface area contributed by atoms with Gasteiger partial charge in [0.1, 0.15) is 12.0 Å². The van der Waals surface area contributed by atoms with Crippen molar-refractivity contribution in [3.63, 3.8) is 0 Å². The summed E-state index contributed by atoms with van der Waals surface area (Å²) in [4.78, 5) is 4.01. The summed E-state index contributed by atoms with van der Waals surface area (Å²) in [5.41, 5.74) is 0. The molecule has 0 aliphatic carbocycles. The van der Waals surface area contributed by atoms with Crippen LogP contribution in [0.5, 0.6) is 0 Å². The number of rotatable bonds is 0. The number of hydrogen-bond acceptors (Lipinski definition) is 3. The van der Waals surface area contributed by atoms with Crippen molar-refractivity contribution in [1.29, 1.82) is 0 Å². The number of nitrogens with zero attached hydrogens (tertiary/aromatic N) is 3. The van der Waals surface area contributed by atoms with Crippen molar-refractivity contribution in [1.82, 2.24) is 10.2 Å². The van der Waals surface area contributed by atoms with Gasteiger partial charge in [0, 0.05) is 7.05 Å². The predicted octanol–water partition coefficient (Wildman–Crippen LogP) is 0.259. The SMILES string of the molecule is CC1=NC(C)N(C)N1[O]. The normalized spacial score (nSPS) is 29.1. The highest BCUT2D eigenvalue weighted by Crippen LogP contribution is 2.10. The third-order valence-electron chi connectivity index (χ3n) is 1.48. The number of hydroxylamine groups is 1. The standard InChI is InChI=1S/C5H10N3O/c1-4-6-5(2)8(9)7(4)3/h4H,1-3H3. The summed E-state index contributed by atoms with van der Waals surface area (Å²) < 4.78 is 0. The van der Waals surface area contributed by atoms with Crippen molar-refractivity contribution >= 4 is 5.84 Å². The molecule has 1 heterocycles. The highest BCUT2D eigenvalue weighted by molar-refractivity contribution is 5.79. The Labute approximate surface area is 54.3 Å². The fraction of sp³-hybridized carbons (Fsp3) is 0.800. The van der Waals surface area contributed by atoms with Crippen molar-refractivity contribution in [2.45, 2.75) is 20.0 Å². The van der Waals surface area contributed by atoms with Gasteiger partial charge in [0.05, 0.1) is 0 Å². The summed E-state index contributed by atoms with van der Waals surface area (Å²) in [6.07, 6.45) is 0.00231. The first-order chi connectivity index (χ1) is 4.13. The Morgan fingerprint density at radius 3 is 2.33 bits per heavy atom. The monoisotopic (exact) mass is 128 g/mol. The molecule has 9 heavy (non-hydrogen) atoms. The van der Waals surface area contributed by atoms with Gasteiger partial charge in [-0.25, -0.2) is 4.99 Å². The summed E-state index contributed by atoms with van der Waals surface area (Å²) in [6.45, 7) is 3.58. The van der Waals surface area contributed by atoms with Crippen LogP contribution < -0.4 is 0 Å². The molecular formula is C5H10N3O. The van der Waals surface area contributed by atoms with Gasteiger partial charge >= 0.3 is 0 Å². The molecular weight excluding hydrogens is 118 g/mol. The molecule has 0 bridgehead atoms. The van der Waals surface area contributed by atoms with Gasteiger partial charge in [-0.05, 0) is 13.8 Å². The minimum atomic E-state index is 0.00231. The van der Waals surface area contributed by atoms with Gasteiger partial charge in [0.2, 0.25) is 0 Å². The fourth-order valence-electron chi connectivity index (χ4n) is 0.783. The first kappa shape index (κ1) is 6.51.